The minimum atomic E-state index is -0.271. The largest absolute Gasteiger partial charge is 0.349 e. The van der Waals surface area contributed by atoms with E-state index in [2.05, 4.69) is 19.2 Å². The Morgan fingerprint density at radius 2 is 2.15 bits per heavy atom. The van der Waals surface area contributed by atoms with Crippen LogP contribution >= 0.6 is 11.8 Å². The molecule has 0 spiro atoms. The first-order valence-electron chi connectivity index (χ1n) is 4.46. The fraction of sp³-hybridized carbons (Fsp3) is 0.889. The summed E-state index contributed by atoms with van der Waals surface area (Å²) in [5.41, 5.74) is 5.36. The summed E-state index contributed by atoms with van der Waals surface area (Å²) in [6.07, 6.45) is 1.91. The molecule has 3 nitrogen and oxygen atoms in total. The van der Waals surface area contributed by atoms with Crippen molar-refractivity contribution < 1.29 is 4.79 Å². The fourth-order valence-electron chi connectivity index (χ4n) is 0.917. The van der Waals surface area contributed by atoms with Gasteiger partial charge in [-0.3, -0.25) is 4.79 Å². The molecule has 78 valence electrons. The summed E-state index contributed by atoms with van der Waals surface area (Å²) in [7, 11) is 0. The van der Waals surface area contributed by atoms with Gasteiger partial charge in [-0.25, -0.2) is 0 Å². The molecule has 0 saturated carbocycles. The van der Waals surface area contributed by atoms with E-state index in [1.54, 1.807) is 0 Å². The van der Waals surface area contributed by atoms with E-state index in [0.717, 1.165) is 0 Å². The number of carbonyl (C=O) groups is 1. The molecule has 3 N–H and O–H groups in total. The van der Waals surface area contributed by atoms with Crippen LogP contribution in [0.2, 0.25) is 0 Å². The Morgan fingerprint density at radius 1 is 1.62 bits per heavy atom. The summed E-state index contributed by atoms with van der Waals surface area (Å²) in [4.78, 5) is 11.3. The second-order valence-electron chi connectivity index (χ2n) is 3.76. The first kappa shape index (κ1) is 12.8. The van der Waals surface area contributed by atoms with Crippen molar-refractivity contribution in [1.29, 1.82) is 0 Å². The highest BCUT2D eigenvalue weighted by atomic mass is 32.2. The highest BCUT2D eigenvalue weighted by molar-refractivity contribution is 7.99. The summed E-state index contributed by atoms with van der Waals surface area (Å²) in [6.45, 7) is 6.58. The van der Waals surface area contributed by atoms with Crippen LogP contribution in [0.3, 0.4) is 0 Å². The minimum Gasteiger partial charge on any atom is -0.349 e. The maximum atomic E-state index is 11.3. The molecule has 4 heteroatoms. The van der Waals surface area contributed by atoms with Crippen molar-refractivity contribution in [1.82, 2.24) is 5.32 Å². The normalized spacial score (nSPS) is 15.5. The van der Waals surface area contributed by atoms with Crippen molar-refractivity contribution in [2.45, 2.75) is 26.3 Å². The van der Waals surface area contributed by atoms with E-state index in [1.165, 1.54) is 11.8 Å². The molecule has 0 radical (unpaired) electrons. The summed E-state index contributed by atoms with van der Waals surface area (Å²) in [5.74, 6) is 0.917. The average Bonchev–Trinajstić information content (AvgIpc) is 2.04. The number of hydrogen-bond donors (Lipinski definition) is 2. The lowest BCUT2D eigenvalue weighted by Gasteiger charge is -2.33. The number of carbonyl (C=O) groups excluding carboxylic acids is 1. The number of amides is 1. The van der Waals surface area contributed by atoms with Gasteiger partial charge in [-0.15, -0.1) is 0 Å². The van der Waals surface area contributed by atoms with Gasteiger partial charge in [0.25, 0.3) is 0 Å². The third-order valence-electron chi connectivity index (χ3n) is 2.40. The molecule has 0 aromatic carbocycles. The summed E-state index contributed by atoms with van der Waals surface area (Å²) < 4.78 is 0. The third kappa shape index (κ3) is 4.00. The van der Waals surface area contributed by atoms with Gasteiger partial charge in [0.15, 0.2) is 0 Å². The lowest BCUT2D eigenvalue weighted by molar-refractivity contribution is -0.120. The van der Waals surface area contributed by atoms with E-state index in [1.807, 2.05) is 13.2 Å². The van der Waals surface area contributed by atoms with Crippen molar-refractivity contribution in [3.8, 4) is 0 Å². The van der Waals surface area contributed by atoms with Gasteiger partial charge in [0, 0.05) is 6.54 Å². The van der Waals surface area contributed by atoms with Crippen LogP contribution in [0.25, 0.3) is 0 Å². The van der Waals surface area contributed by atoms with Crippen LogP contribution in [0.15, 0.2) is 0 Å². The summed E-state index contributed by atoms with van der Waals surface area (Å²) in [5, 5.41) is 2.96. The second-order valence-corrected chi connectivity index (χ2v) is 4.62. The Balaban J connectivity index is 4.19. The van der Waals surface area contributed by atoms with Gasteiger partial charge in [0.1, 0.15) is 0 Å². The molecule has 0 fully saturated rings. The SMILES string of the molecule is CSCC(=O)NC(C)(CN)C(C)C. The smallest absolute Gasteiger partial charge is 0.230 e. The van der Waals surface area contributed by atoms with Crippen LogP contribution in [0.5, 0.6) is 0 Å². The van der Waals surface area contributed by atoms with Crippen molar-refractivity contribution in [2.24, 2.45) is 11.7 Å². The fourth-order valence-corrected chi connectivity index (χ4v) is 1.25. The molecule has 0 aliphatic carbocycles. The topological polar surface area (TPSA) is 55.1 Å². The van der Waals surface area contributed by atoms with E-state index < -0.39 is 0 Å². The molecular formula is C9H20N2OS. The number of rotatable bonds is 5. The second kappa shape index (κ2) is 5.50. The van der Waals surface area contributed by atoms with E-state index in [9.17, 15) is 4.79 Å². The van der Waals surface area contributed by atoms with Crippen LogP contribution in [-0.4, -0.2) is 30.0 Å². The maximum absolute atomic E-state index is 11.3. The molecule has 1 atom stereocenters. The van der Waals surface area contributed by atoms with Crippen LogP contribution in [-0.2, 0) is 4.79 Å². The third-order valence-corrected chi connectivity index (χ3v) is 2.95. The Labute approximate surface area is 84.8 Å². The van der Waals surface area contributed by atoms with Gasteiger partial charge >= 0.3 is 0 Å². The molecule has 13 heavy (non-hydrogen) atoms. The number of thioether (sulfide) groups is 1. The molecule has 0 bridgehead atoms. The van der Waals surface area contributed by atoms with Crippen molar-refractivity contribution in [2.75, 3.05) is 18.6 Å². The Kier molecular flexibility index (Phi) is 5.40. The Morgan fingerprint density at radius 3 is 2.46 bits per heavy atom. The highest BCUT2D eigenvalue weighted by Gasteiger charge is 2.27. The van der Waals surface area contributed by atoms with Gasteiger partial charge in [-0.1, -0.05) is 13.8 Å². The lowest BCUT2D eigenvalue weighted by atomic mass is 9.88. The predicted molar refractivity (Wildman–Crippen MR) is 58.8 cm³/mol. The van der Waals surface area contributed by atoms with Crippen LogP contribution < -0.4 is 11.1 Å². The molecule has 0 aromatic rings. The first-order valence-corrected chi connectivity index (χ1v) is 5.85. The number of hydrogen-bond acceptors (Lipinski definition) is 3. The molecule has 0 aliphatic rings. The zero-order chi connectivity index (χ0) is 10.5. The quantitative estimate of drug-likeness (QED) is 0.698. The molecule has 0 rings (SSSR count). The van der Waals surface area contributed by atoms with Gasteiger partial charge < -0.3 is 11.1 Å². The predicted octanol–water partition coefficient (Wildman–Crippen LogP) is 0.839. The zero-order valence-corrected chi connectivity index (χ0v) is 9.70. The number of nitrogens with one attached hydrogen (secondary N) is 1. The highest BCUT2D eigenvalue weighted by Crippen LogP contribution is 2.14. The summed E-state index contributed by atoms with van der Waals surface area (Å²) in [6, 6.07) is 0. The molecule has 0 saturated heterocycles. The first-order chi connectivity index (χ1) is 5.96. The molecular weight excluding hydrogens is 184 g/mol. The molecule has 1 unspecified atom stereocenters. The van der Waals surface area contributed by atoms with Crippen molar-refractivity contribution in [3.05, 3.63) is 0 Å². The standard InChI is InChI=1S/C9H20N2OS/c1-7(2)9(3,6-10)11-8(12)5-13-4/h7H,5-6,10H2,1-4H3,(H,11,12). The van der Waals surface area contributed by atoms with Crippen LogP contribution in [0.1, 0.15) is 20.8 Å². The number of nitrogens with two attached hydrogens (primary N) is 1. The maximum Gasteiger partial charge on any atom is 0.230 e. The summed E-state index contributed by atoms with van der Waals surface area (Å²) >= 11 is 1.52. The van der Waals surface area contributed by atoms with Gasteiger partial charge in [-0.05, 0) is 19.1 Å². The van der Waals surface area contributed by atoms with Crippen molar-refractivity contribution >= 4 is 17.7 Å². The monoisotopic (exact) mass is 204 g/mol. The van der Waals surface area contributed by atoms with Gasteiger partial charge in [0.2, 0.25) is 5.91 Å². The van der Waals surface area contributed by atoms with Gasteiger partial charge in [-0.2, -0.15) is 11.8 Å². The van der Waals surface area contributed by atoms with E-state index in [4.69, 9.17) is 5.73 Å². The molecule has 0 heterocycles. The molecule has 1 amide bonds. The zero-order valence-electron chi connectivity index (χ0n) is 8.89. The molecule has 0 aliphatic heterocycles. The van der Waals surface area contributed by atoms with E-state index >= 15 is 0 Å². The molecule has 0 aromatic heterocycles. The van der Waals surface area contributed by atoms with Crippen LogP contribution in [0.4, 0.5) is 0 Å². The Hall–Kier alpha value is -0.220. The lowest BCUT2D eigenvalue weighted by Crippen LogP contribution is -2.55. The van der Waals surface area contributed by atoms with E-state index in [0.29, 0.717) is 18.2 Å². The van der Waals surface area contributed by atoms with Gasteiger partial charge in [0.05, 0.1) is 11.3 Å². The average molecular weight is 204 g/mol. The minimum absolute atomic E-state index is 0.0640. The van der Waals surface area contributed by atoms with Crippen LogP contribution in [0, 0.1) is 5.92 Å². The Bertz CT molecular complexity index is 173. The van der Waals surface area contributed by atoms with E-state index in [-0.39, 0.29) is 11.4 Å². The van der Waals surface area contributed by atoms with Crippen molar-refractivity contribution in [3.63, 3.8) is 0 Å².